The molecule has 2 aromatic rings. The van der Waals surface area contributed by atoms with Crippen LogP contribution in [0.2, 0.25) is 10.2 Å². The molecule has 1 aromatic heterocycles. The molecule has 0 amide bonds. The Kier molecular flexibility index (Phi) is 3.88. The SMILES string of the molecule is Clc1ccc(CNCc2ccc(Cl)o2)cc1. The molecule has 0 aliphatic heterocycles. The first-order valence-electron chi connectivity index (χ1n) is 4.93. The van der Waals surface area contributed by atoms with Gasteiger partial charge in [-0.15, -0.1) is 0 Å². The molecule has 1 N–H and O–H groups in total. The van der Waals surface area contributed by atoms with Gasteiger partial charge in [0.25, 0.3) is 0 Å². The summed E-state index contributed by atoms with van der Waals surface area (Å²) in [6.07, 6.45) is 0. The van der Waals surface area contributed by atoms with Crippen LogP contribution in [-0.2, 0) is 13.1 Å². The van der Waals surface area contributed by atoms with Gasteiger partial charge in [-0.3, -0.25) is 0 Å². The zero-order chi connectivity index (χ0) is 11.4. The molecule has 0 bridgehead atoms. The van der Waals surface area contributed by atoms with Crippen LogP contribution in [0.4, 0.5) is 0 Å². The van der Waals surface area contributed by atoms with Crippen molar-refractivity contribution < 1.29 is 4.42 Å². The highest BCUT2D eigenvalue weighted by molar-refractivity contribution is 6.30. The zero-order valence-corrected chi connectivity index (χ0v) is 10.1. The number of benzene rings is 1. The van der Waals surface area contributed by atoms with Crippen molar-refractivity contribution in [1.29, 1.82) is 0 Å². The zero-order valence-electron chi connectivity index (χ0n) is 8.54. The highest BCUT2D eigenvalue weighted by Crippen LogP contribution is 2.13. The highest BCUT2D eigenvalue weighted by atomic mass is 35.5. The predicted octanol–water partition coefficient (Wildman–Crippen LogP) is 3.88. The summed E-state index contributed by atoms with van der Waals surface area (Å²) in [5, 5.41) is 4.43. The Morgan fingerprint density at radius 1 is 0.938 bits per heavy atom. The molecule has 2 rings (SSSR count). The molecule has 0 spiro atoms. The van der Waals surface area contributed by atoms with Crippen LogP contribution in [0, 0.1) is 0 Å². The third-order valence-electron chi connectivity index (χ3n) is 2.17. The lowest BCUT2D eigenvalue weighted by molar-refractivity contribution is 0.484. The lowest BCUT2D eigenvalue weighted by Gasteiger charge is -2.02. The van der Waals surface area contributed by atoms with E-state index in [1.54, 1.807) is 6.07 Å². The Morgan fingerprint density at radius 3 is 2.31 bits per heavy atom. The van der Waals surface area contributed by atoms with E-state index < -0.39 is 0 Å². The van der Waals surface area contributed by atoms with E-state index in [1.165, 1.54) is 5.56 Å². The minimum absolute atomic E-state index is 0.420. The van der Waals surface area contributed by atoms with E-state index in [0.717, 1.165) is 17.3 Å². The van der Waals surface area contributed by atoms with E-state index in [-0.39, 0.29) is 0 Å². The molecule has 84 valence electrons. The lowest BCUT2D eigenvalue weighted by Crippen LogP contribution is -2.11. The molecule has 0 unspecified atom stereocenters. The molecular weight excluding hydrogens is 245 g/mol. The molecule has 0 fully saturated rings. The smallest absolute Gasteiger partial charge is 0.193 e. The third kappa shape index (κ3) is 3.27. The predicted molar refractivity (Wildman–Crippen MR) is 65.7 cm³/mol. The molecular formula is C12H11Cl2NO. The molecule has 2 nitrogen and oxygen atoms in total. The molecule has 0 atom stereocenters. The first-order valence-corrected chi connectivity index (χ1v) is 5.69. The summed E-state index contributed by atoms with van der Waals surface area (Å²) < 4.78 is 5.22. The van der Waals surface area contributed by atoms with Gasteiger partial charge in [0, 0.05) is 11.6 Å². The van der Waals surface area contributed by atoms with Gasteiger partial charge in [0.15, 0.2) is 5.22 Å². The summed E-state index contributed by atoms with van der Waals surface area (Å²) in [6, 6.07) is 11.3. The minimum Gasteiger partial charge on any atom is -0.448 e. The Hall–Kier alpha value is -0.960. The van der Waals surface area contributed by atoms with Crippen LogP contribution >= 0.6 is 23.2 Å². The summed E-state index contributed by atoms with van der Waals surface area (Å²) in [7, 11) is 0. The second-order valence-electron chi connectivity index (χ2n) is 3.44. The second kappa shape index (κ2) is 5.39. The number of halogens is 2. The van der Waals surface area contributed by atoms with E-state index in [0.29, 0.717) is 11.8 Å². The van der Waals surface area contributed by atoms with Gasteiger partial charge in [-0.05, 0) is 41.4 Å². The summed E-state index contributed by atoms with van der Waals surface area (Å²) in [5.74, 6) is 0.832. The Balaban J connectivity index is 1.82. The number of furan rings is 1. The Bertz CT molecular complexity index is 450. The minimum atomic E-state index is 0.420. The quantitative estimate of drug-likeness (QED) is 0.898. The second-order valence-corrected chi connectivity index (χ2v) is 4.24. The average molecular weight is 256 g/mol. The Labute approximate surface area is 104 Å². The fraction of sp³-hybridized carbons (Fsp3) is 0.167. The maximum atomic E-state index is 5.79. The fourth-order valence-corrected chi connectivity index (χ4v) is 1.67. The number of rotatable bonds is 4. The number of hydrogen-bond donors (Lipinski definition) is 1. The molecule has 1 aromatic carbocycles. The standard InChI is InChI=1S/C12H11Cl2NO/c13-10-3-1-9(2-4-10)7-15-8-11-5-6-12(14)16-11/h1-6,15H,7-8H2. The van der Waals surface area contributed by atoms with Crippen molar-refractivity contribution in [3.05, 3.63) is 58.0 Å². The van der Waals surface area contributed by atoms with Gasteiger partial charge in [0.1, 0.15) is 5.76 Å². The molecule has 0 saturated carbocycles. The monoisotopic (exact) mass is 255 g/mol. The first kappa shape index (κ1) is 11.5. The molecule has 0 radical (unpaired) electrons. The number of hydrogen-bond acceptors (Lipinski definition) is 2. The third-order valence-corrected chi connectivity index (χ3v) is 2.63. The van der Waals surface area contributed by atoms with Crippen molar-refractivity contribution in [2.75, 3.05) is 0 Å². The van der Waals surface area contributed by atoms with E-state index >= 15 is 0 Å². The van der Waals surface area contributed by atoms with Crippen LogP contribution in [0.5, 0.6) is 0 Å². The summed E-state index contributed by atoms with van der Waals surface area (Å²) in [4.78, 5) is 0. The van der Waals surface area contributed by atoms with Crippen molar-refractivity contribution in [1.82, 2.24) is 5.32 Å². The summed E-state index contributed by atoms with van der Waals surface area (Å²) in [6.45, 7) is 1.44. The molecule has 1 heterocycles. The van der Waals surface area contributed by atoms with Crippen LogP contribution in [0.1, 0.15) is 11.3 Å². The van der Waals surface area contributed by atoms with E-state index in [9.17, 15) is 0 Å². The van der Waals surface area contributed by atoms with Crippen LogP contribution in [0.15, 0.2) is 40.8 Å². The van der Waals surface area contributed by atoms with Crippen molar-refractivity contribution in [3.63, 3.8) is 0 Å². The fourth-order valence-electron chi connectivity index (χ4n) is 1.38. The summed E-state index contributed by atoms with van der Waals surface area (Å²) >= 11 is 11.5. The van der Waals surface area contributed by atoms with Gasteiger partial charge >= 0.3 is 0 Å². The molecule has 16 heavy (non-hydrogen) atoms. The number of nitrogens with one attached hydrogen (secondary N) is 1. The molecule has 0 aliphatic rings. The van der Waals surface area contributed by atoms with Crippen molar-refractivity contribution in [2.24, 2.45) is 0 Å². The topological polar surface area (TPSA) is 25.2 Å². The molecule has 0 saturated heterocycles. The van der Waals surface area contributed by atoms with Gasteiger partial charge in [0.2, 0.25) is 0 Å². The maximum Gasteiger partial charge on any atom is 0.193 e. The maximum absolute atomic E-state index is 5.79. The van der Waals surface area contributed by atoms with Crippen LogP contribution in [-0.4, -0.2) is 0 Å². The van der Waals surface area contributed by atoms with Gasteiger partial charge in [-0.1, -0.05) is 23.7 Å². The largest absolute Gasteiger partial charge is 0.448 e. The average Bonchev–Trinajstić information content (AvgIpc) is 2.67. The van der Waals surface area contributed by atoms with Gasteiger partial charge < -0.3 is 9.73 Å². The van der Waals surface area contributed by atoms with Gasteiger partial charge in [-0.2, -0.15) is 0 Å². The molecule has 4 heteroatoms. The van der Waals surface area contributed by atoms with Crippen LogP contribution < -0.4 is 5.32 Å². The van der Waals surface area contributed by atoms with E-state index in [4.69, 9.17) is 27.6 Å². The van der Waals surface area contributed by atoms with E-state index in [2.05, 4.69) is 5.32 Å². The highest BCUT2D eigenvalue weighted by Gasteiger charge is 1.99. The Morgan fingerprint density at radius 2 is 1.69 bits per heavy atom. The summed E-state index contributed by atoms with van der Waals surface area (Å²) in [5.41, 5.74) is 1.18. The van der Waals surface area contributed by atoms with E-state index in [1.807, 2.05) is 30.3 Å². The lowest BCUT2D eigenvalue weighted by atomic mass is 10.2. The van der Waals surface area contributed by atoms with Crippen molar-refractivity contribution in [3.8, 4) is 0 Å². The van der Waals surface area contributed by atoms with Crippen molar-refractivity contribution in [2.45, 2.75) is 13.1 Å². The first-order chi connectivity index (χ1) is 7.74. The van der Waals surface area contributed by atoms with Crippen LogP contribution in [0.3, 0.4) is 0 Å². The van der Waals surface area contributed by atoms with Crippen LogP contribution in [0.25, 0.3) is 0 Å². The van der Waals surface area contributed by atoms with Crippen molar-refractivity contribution >= 4 is 23.2 Å². The normalized spacial score (nSPS) is 10.6. The molecule has 0 aliphatic carbocycles. The van der Waals surface area contributed by atoms with Gasteiger partial charge in [0.05, 0.1) is 6.54 Å². The van der Waals surface area contributed by atoms with Gasteiger partial charge in [-0.25, -0.2) is 0 Å².